The van der Waals surface area contributed by atoms with Crippen LogP contribution in [0.15, 0.2) is 59.8 Å². The minimum Gasteiger partial charge on any atom is -0.497 e. The van der Waals surface area contributed by atoms with Crippen molar-refractivity contribution in [3.63, 3.8) is 0 Å². The summed E-state index contributed by atoms with van der Waals surface area (Å²) in [6, 6.07) is 18.6. The van der Waals surface area contributed by atoms with Crippen LogP contribution in [-0.4, -0.2) is 33.8 Å². The van der Waals surface area contributed by atoms with Gasteiger partial charge in [-0.3, -0.25) is 9.36 Å². The molecule has 1 heterocycles. The van der Waals surface area contributed by atoms with E-state index in [0.717, 1.165) is 53.5 Å². The topological polar surface area (TPSA) is 69.0 Å². The Bertz CT molecular complexity index is 1070. The van der Waals surface area contributed by atoms with E-state index >= 15 is 0 Å². The normalized spacial score (nSPS) is 17.5. The first-order valence-electron chi connectivity index (χ1n) is 11.8. The second kappa shape index (κ2) is 10.00. The first-order valence-corrected chi connectivity index (χ1v) is 12.7. The van der Waals surface area contributed by atoms with Gasteiger partial charge in [0.25, 0.3) is 0 Å². The van der Waals surface area contributed by atoms with E-state index in [1.807, 2.05) is 54.6 Å². The van der Waals surface area contributed by atoms with Crippen LogP contribution in [0, 0.1) is 0 Å². The molecule has 5 rings (SSSR count). The van der Waals surface area contributed by atoms with E-state index in [1.165, 1.54) is 31.0 Å². The average molecular weight is 463 g/mol. The molecule has 1 atom stereocenters. The van der Waals surface area contributed by atoms with E-state index in [4.69, 9.17) is 4.74 Å². The summed E-state index contributed by atoms with van der Waals surface area (Å²) < 4.78 is 7.61. The molecule has 2 fully saturated rings. The Morgan fingerprint density at radius 3 is 2.39 bits per heavy atom. The Balaban J connectivity index is 1.51. The lowest BCUT2D eigenvalue weighted by molar-refractivity contribution is -0.120. The predicted molar refractivity (Wildman–Crippen MR) is 130 cm³/mol. The Kier molecular flexibility index (Phi) is 6.67. The highest BCUT2D eigenvalue weighted by molar-refractivity contribution is 8.00. The van der Waals surface area contributed by atoms with Gasteiger partial charge in [0.15, 0.2) is 11.0 Å². The summed E-state index contributed by atoms with van der Waals surface area (Å²) in [5.41, 5.74) is 2.00. The van der Waals surface area contributed by atoms with Crippen LogP contribution in [0.4, 0.5) is 0 Å². The highest BCUT2D eigenvalue weighted by Crippen LogP contribution is 2.41. The molecule has 2 saturated carbocycles. The molecule has 3 aromatic rings. The fourth-order valence-corrected chi connectivity index (χ4v) is 5.59. The summed E-state index contributed by atoms with van der Waals surface area (Å²) in [5, 5.41) is 12.9. The maximum Gasteiger partial charge on any atom is 0.238 e. The summed E-state index contributed by atoms with van der Waals surface area (Å²) in [4.78, 5) is 13.2. The molecule has 0 aliphatic heterocycles. The van der Waals surface area contributed by atoms with Crippen LogP contribution < -0.4 is 10.1 Å². The number of ether oxygens (including phenoxy) is 1. The lowest BCUT2D eigenvalue weighted by Crippen LogP contribution is -2.30. The Labute approximate surface area is 199 Å². The van der Waals surface area contributed by atoms with E-state index in [0.29, 0.717) is 12.1 Å². The van der Waals surface area contributed by atoms with Gasteiger partial charge in [-0.05, 0) is 55.5 Å². The van der Waals surface area contributed by atoms with Crippen molar-refractivity contribution in [3.05, 3.63) is 60.2 Å². The summed E-state index contributed by atoms with van der Waals surface area (Å²) in [7, 11) is 1.67. The zero-order valence-electron chi connectivity index (χ0n) is 18.9. The molecule has 1 N–H and O–H groups in total. The van der Waals surface area contributed by atoms with E-state index in [9.17, 15) is 4.79 Å². The molecule has 2 aromatic carbocycles. The molecule has 172 valence electrons. The van der Waals surface area contributed by atoms with Crippen molar-refractivity contribution < 1.29 is 9.53 Å². The van der Waals surface area contributed by atoms with E-state index < -0.39 is 0 Å². The van der Waals surface area contributed by atoms with Crippen LogP contribution in [0.25, 0.3) is 11.4 Å². The molecule has 2 aliphatic carbocycles. The fraction of sp³-hybridized carbons (Fsp3) is 0.423. The molecule has 1 aromatic heterocycles. The van der Waals surface area contributed by atoms with Crippen molar-refractivity contribution in [1.82, 2.24) is 20.1 Å². The van der Waals surface area contributed by atoms with Crippen molar-refractivity contribution in [1.29, 1.82) is 0 Å². The van der Waals surface area contributed by atoms with Gasteiger partial charge in [-0.25, -0.2) is 0 Å². The second-order valence-electron chi connectivity index (χ2n) is 8.89. The van der Waals surface area contributed by atoms with Crippen molar-refractivity contribution in [2.75, 3.05) is 7.11 Å². The first kappa shape index (κ1) is 22.0. The number of nitrogens with zero attached hydrogens (tertiary/aromatic N) is 3. The molecule has 0 bridgehead atoms. The van der Waals surface area contributed by atoms with Gasteiger partial charge in [-0.1, -0.05) is 61.4 Å². The molecule has 0 unspecified atom stereocenters. The smallest absolute Gasteiger partial charge is 0.238 e. The number of carbonyl (C=O) groups is 1. The molecule has 0 radical (unpaired) electrons. The lowest BCUT2D eigenvalue weighted by Gasteiger charge is -2.26. The minimum absolute atomic E-state index is 0.0536. The number of hydrogen-bond acceptors (Lipinski definition) is 5. The van der Waals surface area contributed by atoms with Gasteiger partial charge in [0, 0.05) is 17.6 Å². The van der Waals surface area contributed by atoms with Gasteiger partial charge < -0.3 is 10.1 Å². The highest BCUT2D eigenvalue weighted by Gasteiger charge is 2.32. The summed E-state index contributed by atoms with van der Waals surface area (Å²) in [6.07, 6.45) is 8.04. The van der Waals surface area contributed by atoms with Crippen LogP contribution >= 0.6 is 11.8 Å². The van der Waals surface area contributed by atoms with Crippen molar-refractivity contribution in [3.8, 4) is 17.1 Å². The number of rotatable bonds is 8. The molecule has 1 amide bonds. The number of hydrogen-bond donors (Lipinski definition) is 1. The number of aromatic nitrogens is 3. The van der Waals surface area contributed by atoms with Gasteiger partial charge in [-0.15, -0.1) is 10.2 Å². The van der Waals surface area contributed by atoms with Gasteiger partial charge in [0.2, 0.25) is 5.91 Å². The number of carbonyl (C=O) groups excluding carboxylic acids is 1. The van der Waals surface area contributed by atoms with E-state index in [1.54, 1.807) is 7.11 Å². The van der Waals surface area contributed by atoms with E-state index in [2.05, 4.69) is 20.1 Å². The van der Waals surface area contributed by atoms with Gasteiger partial charge in [0.1, 0.15) is 11.0 Å². The SMILES string of the molecule is COc1ccc(-c2nnc(S[C@@H](C(=O)NC3CC3)c3ccccc3)n2C2CCCCC2)cc1. The van der Waals surface area contributed by atoms with Crippen molar-refractivity contribution in [2.45, 2.75) is 67.4 Å². The number of thioether (sulfide) groups is 1. The quantitative estimate of drug-likeness (QED) is 0.443. The highest BCUT2D eigenvalue weighted by atomic mass is 32.2. The largest absolute Gasteiger partial charge is 0.497 e. The minimum atomic E-state index is -0.359. The zero-order valence-corrected chi connectivity index (χ0v) is 19.8. The predicted octanol–water partition coefficient (Wildman–Crippen LogP) is 5.57. The third kappa shape index (κ3) is 5.08. The molecule has 6 nitrogen and oxygen atoms in total. The average Bonchev–Trinajstić information content (AvgIpc) is 3.59. The van der Waals surface area contributed by atoms with Crippen molar-refractivity contribution in [2.24, 2.45) is 0 Å². The third-order valence-corrected chi connectivity index (χ3v) is 7.65. The number of benzene rings is 2. The van der Waals surface area contributed by atoms with Gasteiger partial charge in [-0.2, -0.15) is 0 Å². The monoisotopic (exact) mass is 462 g/mol. The Hall–Kier alpha value is -2.80. The molecular weight excluding hydrogens is 432 g/mol. The summed E-state index contributed by atoms with van der Waals surface area (Å²) >= 11 is 1.52. The molecule has 7 heteroatoms. The van der Waals surface area contributed by atoms with Gasteiger partial charge >= 0.3 is 0 Å². The number of amides is 1. The van der Waals surface area contributed by atoms with Crippen LogP contribution in [0.1, 0.15) is 61.8 Å². The van der Waals surface area contributed by atoms with Crippen LogP contribution in [-0.2, 0) is 4.79 Å². The number of nitrogens with one attached hydrogen (secondary N) is 1. The van der Waals surface area contributed by atoms with E-state index in [-0.39, 0.29) is 11.2 Å². The number of methoxy groups -OCH3 is 1. The standard InChI is InChI=1S/C26H30N4O2S/c1-32-22-16-12-19(13-17-22)24-28-29-26(30(24)21-10-6-3-7-11-21)33-23(18-8-4-2-5-9-18)25(31)27-20-14-15-20/h2,4-5,8-9,12-13,16-17,20-21,23H,3,6-7,10-11,14-15H2,1H3,(H,27,31)/t23-/m1/s1. The lowest BCUT2D eigenvalue weighted by atomic mass is 9.95. The third-order valence-electron chi connectivity index (χ3n) is 6.44. The maximum absolute atomic E-state index is 13.2. The maximum atomic E-state index is 13.2. The second-order valence-corrected chi connectivity index (χ2v) is 9.96. The fourth-order valence-electron chi connectivity index (χ4n) is 4.47. The summed E-state index contributed by atoms with van der Waals surface area (Å²) in [5.74, 6) is 1.73. The molecule has 0 spiro atoms. The molecule has 2 aliphatic rings. The molecule has 0 saturated heterocycles. The Morgan fingerprint density at radius 2 is 1.73 bits per heavy atom. The van der Waals surface area contributed by atoms with Crippen molar-refractivity contribution >= 4 is 17.7 Å². The van der Waals surface area contributed by atoms with Gasteiger partial charge in [0.05, 0.1) is 7.11 Å². The molecular formula is C26H30N4O2S. The summed E-state index contributed by atoms with van der Waals surface area (Å²) in [6.45, 7) is 0. The Morgan fingerprint density at radius 1 is 1.00 bits per heavy atom. The zero-order chi connectivity index (χ0) is 22.6. The molecule has 33 heavy (non-hydrogen) atoms. The van der Waals surface area contributed by atoms with Crippen LogP contribution in [0.3, 0.4) is 0 Å². The first-order chi connectivity index (χ1) is 16.2. The van der Waals surface area contributed by atoms with Crippen LogP contribution in [0.5, 0.6) is 5.75 Å². The van der Waals surface area contributed by atoms with Crippen LogP contribution in [0.2, 0.25) is 0 Å².